The van der Waals surface area contributed by atoms with Crippen LogP contribution in [0.1, 0.15) is 37.4 Å². The largest absolute Gasteiger partial charge is 0.340 e. The van der Waals surface area contributed by atoms with Gasteiger partial charge >= 0.3 is 0 Å². The zero-order chi connectivity index (χ0) is 11.7. The van der Waals surface area contributed by atoms with Crippen LogP contribution in [0.25, 0.3) is 0 Å². The third-order valence-corrected chi connectivity index (χ3v) is 3.95. The van der Waals surface area contributed by atoms with E-state index in [9.17, 15) is 0 Å². The molecule has 5 nitrogen and oxygen atoms in total. The highest BCUT2D eigenvalue weighted by Gasteiger charge is 2.37. The van der Waals surface area contributed by atoms with Crippen molar-refractivity contribution in [1.29, 1.82) is 0 Å². The van der Waals surface area contributed by atoms with Crippen molar-refractivity contribution in [2.75, 3.05) is 19.6 Å². The Balaban J connectivity index is 1.64. The maximum atomic E-state index is 5.02. The van der Waals surface area contributed by atoms with E-state index in [0.29, 0.717) is 11.4 Å². The van der Waals surface area contributed by atoms with Crippen LogP contribution < -0.4 is 5.32 Å². The minimum absolute atomic E-state index is 0.372. The lowest BCUT2D eigenvalue weighted by Crippen LogP contribution is -2.58. The summed E-state index contributed by atoms with van der Waals surface area (Å²) in [5, 5.41) is 7.69. The zero-order valence-electron chi connectivity index (χ0n) is 10.4. The van der Waals surface area contributed by atoms with Gasteiger partial charge in [0.1, 0.15) is 0 Å². The SMILES string of the molecule is Cc1nc(CN2CCNC3(CCCC3)C2)no1. The second-order valence-corrected chi connectivity index (χ2v) is 5.35. The van der Waals surface area contributed by atoms with Gasteiger partial charge in [-0.15, -0.1) is 0 Å². The summed E-state index contributed by atoms with van der Waals surface area (Å²) in [5.74, 6) is 1.48. The van der Waals surface area contributed by atoms with Crippen LogP contribution in [0.3, 0.4) is 0 Å². The fourth-order valence-electron chi connectivity index (χ4n) is 3.17. The second-order valence-electron chi connectivity index (χ2n) is 5.35. The van der Waals surface area contributed by atoms with Crippen LogP contribution in [-0.4, -0.2) is 40.2 Å². The number of piperazine rings is 1. The Morgan fingerprint density at radius 1 is 1.41 bits per heavy atom. The molecule has 0 amide bonds. The van der Waals surface area contributed by atoms with Crippen LogP contribution in [0.15, 0.2) is 4.52 Å². The van der Waals surface area contributed by atoms with Crippen molar-refractivity contribution >= 4 is 0 Å². The lowest BCUT2D eigenvalue weighted by atomic mass is 9.94. The summed E-state index contributed by atoms with van der Waals surface area (Å²) >= 11 is 0. The summed E-state index contributed by atoms with van der Waals surface area (Å²) in [6.45, 7) is 5.94. The normalized spacial score (nSPS) is 24.5. The van der Waals surface area contributed by atoms with Gasteiger partial charge in [0.05, 0.1) is 6.54 Å². The van der Waals surface area contributed by atoms with Gasteiger partial charge in [0.25, 0.3) is 0 Å². The fraction of sp³-hybridized carbons (Fsp3) is 0.833. The molecule has 1 aromatic rings. The highest BCUT2D eigenvalue weighted by molar-refractivity contribution is 4.99. The molecule has 94 valence electrons. The van der Waals surface area contributed by atoms with Gasteiger partial charge in [0.2, 0.25) is 5.89 Å². The number of nitrogens with one attached hydrogen (secondary N) is 1. The van der Waals surface area contributed by atoms with Gasteiger partial charge in [-0.25, -0.2) is 0 Å². The van der Waals surface area contributed by atoms with Gasteiger partial charge < -0.3 is 9.84 Å². The van der Waals surface area contributed by atoms with E-state index in [0.717, 1.165) is 32.0 Å². The Bertz CT molecular complexity index is 384. The van der Waals surface area contributed by atoms with Crippen molar-refractivity contribution in [3.05, 3.63) is 11.7 Å². The fourth-order valence-corrected chi connectivity index (χ4v) is 3.17. The summed E-state index contributed by atoms with van der Waals surface area (Å²) in [6.07, 6.45) is 5.36. The van der Waals surface area contributed by atoms with Crippen LogP contribution >= 0.6 is 0 Å². The van der Waals surface area contributed by atoms with Crippen LogP contribution in [-0.2, 0) is 6.54 Å². The molecule has 1 aromatic heterocycles. The molecule has 2 aliphatic rings. The van der Waals surface area contributed by atoms with E-state index in [1.54, 1.807) is 0 Å². The van der Waals surface area contributed by atoms with Crippen LogP contribution in [0.2, 0.25) is 0 Å². The van der Waals surface area contributed by atoms with E-state index in [1.165, 1.54) is 25.7 Å². The Hall–Kier alpha value is -0.940. The molecule has 1 saturated heterocycles. The van der Waals surface area contributed by atoms with Gasteiger partial charge in [0, 0.05) is 32.1 Å². The van der Waals surface area contributed by atoms with Crippen LogP contribution in [0, 0.1) is 6.92 Å². The standard InChI is InChI=1S/C12H20N4O/c1-10-14-11(15-17-10)8-16-7-6-13-12(9-16)4-2-3-5-12/h13H,2-9H2,1H3. The maximum absolute atomic E-state index is 5.02. The first-order valence-electron chi connectivity index (χ1n) is 6.52. The van der Waals surface area contributed by atoms with Crippen molar-refractivity contribution in [3.63, 3.8) is 0 Å². The Morgan fingerprint density at radius 2 is 2.24 bits per heavy atom. The Labute approximate surface area is 102 Å². The number of aromatic nitrogens is 2. The van der Waals surface area contributed by atoms with E-state index in [1.807, 2.05) is 6.92 Å². The molecule has 17 heavy (non-hydrogen) atoms. The van der Waals surface area contributed by atoms with E-state index < -0.39 is 0 Å². The molecule has 5 heteroatoms. The third kappa shape index (κ3) is 2.35. The number of hydrogen-bond donors (Lipinski definition) is 1. The van der Waals surface area contributed by atoms with E-state index in [-0.39, 0.29) is 0 Å². The molecule has 2 heterocycles. The summed E-state index contributed by atoms with van der Waals surface area (Å²) in [6, 6.07) is 0. The molecule has 0 atom stereocenters. The molecule has 2 fully saturated rings. The summed E-state index contributed by atoms with van der Waals surface area (Å²) in [4.78, 5) is 6.73. The average molecular weight is 236 g/mol. The minimum Gasteiger partial charge on any atom is -0.340 e. The number of hydrogen-bond acceptors (Lipinski definition) is 5. The highest BCUT2D eigenvalue weighted by atomic mass is 16.5. The van der Waals surface area contributed by atoms with Crippen molar-refractivity contribution in [3.8, 4) is 0 Å². The quantitative estimate of drug-likeness (QED) is 0.833. The molecular weight excluding hydrogens is 216 g/mol. The zero-order valence-corrected chi connectivity index (χ0v) is 10.4. The van der Waals surface area contributed by atoms with Gasteiger partial charge in [-0.3, -0.25) is 4.90 Å². The monoisotopic (exact) mass is 236 g/mol. The van der Waals surface area contributed by atoms with Crippen molar-refractivity contribution in [1.82, 2.24) is 20.4 Å². The summed E-state index contributed by atoms with van der Waals surface area (Å²) in [7, 11) is 0. The number of aryl methyl sites for hydroxylation is 1. The van der Waals surface area contributed by atoms with Crippen LogP contribution in [0.5, 0.6) is 0 Å². The number of rotatable bonds is 2. The smallest absolute Gasteiger partial charge is 0.223 e. The molecule has 1 N–H and O–H groups in total. The Kier molecular flexibility index (Phi) is 2.88. The first-order chi connectivity index (χ1) is 8.26. The second kappa shape index (κ2) is 4.38. The first-order valence-corrected chi connectivity index (χ1v) is 6.52. The maximum Gasteiger partial charge on any atom is 0.223 e. The van der Waals surface area contributed by atoms with Crippen molar-refractivity contribution in [2.24, 2.45) is 0 Å². The average Bonchev–Trinajstić information content (AvgIpc) is 2.89. The van der Waals surface area contributed by atoms with Gasteiger partial charge in [-0.2, -0.15) is 4.98 Å². The first kappa shape index (κ1) is 11.2. The van der Waals surface area contributed by atoms with Crippen molar-refractivity contribution in [2.45, 2.75) is 44.7 Å². The van der Waals surface area contributed by atoms with E-state index in [4.69, 9.17) is 4.52 Å². The summed E-state index contributed by atoms with van der Waals surface area (Å²) < 4.78 is 5.02. The molecule has 1 aliphatic carbocycles. The van der Waals surface area contributed by atoms with Gasteiger partial charge in [-0.05, 0) is 12.8 Å². The molecule has 0 unspecified atom stereocenters. The molecule has 1 spiro atoms. The molecule has 3 rings (SSSR count). The van der Waals surface area contributed by atoms with E-state index in [2.05, 4.69) is 20.4 Å². The lowest BCUT2D eigenvalue weighted by molar-refractivity contribution is 0.125. The Morgan fingerprint density at radius 3 is 2.94 bits per heavy atom. The van der Waals surface area contributed by atoms with Gasteiger partial charge in [0.15, 0.2) is 5.82 Å². The van der Waals surface area contributed by atoms with E-state index >= 15 is 0 Å². The molecule has 1 aliphatic heterocycles. The third-order valence-electron chi connectivity index (χ3n) is 3.95. The molecule has 0 bridgehead atoms. The molecule has 0 radical (unpaired) electrons. The van der Waals surface area contributed by atoms with Crippen LogP contribution in [0.4, 0.5) is 0 Å². The van der Waals surface area contributed by atoms with Crippen molar-refractivity contribution < 1.29 is 4.52 Å². The topological polar surface area (TPSA) is 54.2 Å². The minimum atomic E-state index is 0.372. The molecule has 1 saturated carbocycles. The number of nitrogens with zero attached hydrogens (tertiary/aromatic N) is 3. The predicted octanol–water partition coefficient (Wildman–Crippen LogP) is 1.10. The molecule has 0 aromatic carbocycles. The lowest BCUT2D eigenvalue weighted by Gasteiger charge is -2.41. The van der Waals surface area contributed by atoms with Gasteiger partial charge in [-0.1, -0.05) is 18.0 Å². The molecular formula is C12H20N4O. The summed E-state index contributed by atoms with van der Waals surface area (Å²) in [5.41, 5.74) is 0.372. The predicted molar refractivity (Wildman–Crippen MR) is 63.5 cm³/mol. The highest BCUT2D eigenvalue weighted by Crippen LogP contribution is 2.32.